The minimum Gasteiger partial charge on any atom is -1.00 e. The van der Waals surface area contributed by atoms with Crippen LogP contribution in [0.2, 0.25) is 0 Å². The van der Waals surface area contributed by atoms with E-state index in [2.05, 4.69) is 24.3 Å². The van der Waals surface area contributed by atoms with Gasteiger partial charge in [-0.1, -0.05) is 36.4 Å². The van der Waals surface area contributed by atoms with Crippen molar-refractivity contribution in [3.05, 3.63) is 66.1 Å². The first-order valence-corrected chi connectivity index (χ1v) is 7.71. The molecule has 0 spiro atoms. The van der Waals surface area contributed by atoms with E-state index in [0.717, 1.165) is 32.7 Å². The van der Waals surface area contributed by atoms with Gasteiger partial charge in [0, 0.05) is 0 Å². The van der Waals surface area contributed by atoms with Crippen LogP contribution in [0.15, 0.2) is 59.2 Å². The van der Waals surface area contributed by atoms with Gasteiger partial charge < -0.3 is 26.6 Å². The molecule has 0 unspecified atom stereocenters. The number of furan rings is 1. The summed E-state index contributed by atoms with van der Waals surface area (Å²) in [6, 6.07) is 13.8. The molecule has 1 saturated heterocycles. The van der Waals surface area contributed by atoms with Crippen molar-refractivity contribution in [2.24, 2.45) is 0 Å². The van der Waals surface area contributed by atoms with E-state index in [1.54, 1.807) is 18.4 Å². The highest BCUT2D eigenvalue weighted by atomic mass is 35.5. The fourth-order valence-corrected chi connectivity index (χ4v) is 2.71. The van der Waals surface area contributed by atoms with Gasteiger partial charge in [0.2, 0.25) is 0 Å². The van der Waals surface area contributed by atoms with Crippen LogP contribution in [0.3, 0.4) is 0 Å². The van der Waals surface area contributed by atoms with Crippen LogP contribution in [0, 0.1) is 0 Å². The summed E-state index contributed by atoms with van der Waals surface area (Å²) < 4.78 is 5.18. The lowest BCUT2D eigenvalue weighted by Gasteiger charge is -2.31. The molecule has 0 bridgehead atoms. The Morgan fingerprint density at radius 2 is 1.87 bits per heavy atom. The molecule has 0 aliphatic carbocycles. The van der Waals surface area contributed by atoms with Crippen LogP contribution in [-0.2, 0) is 0 Å². The highest BCUT2D eigenvalue weighted by Crippen LogP contribution is 2.05. The maximum atomic E-state index is 12.2. The number of hydrogen-bond acceptors (Lipinski definition) is 2. The van der Waals surface area contributed by atoms with Gasteiger partial charge in [0.15, 0.2) is 5.76 Å². The third kappa shape index (κ3) is 4.71. The summed E-state index contributed by atoms with van der Waals surface area (Å²) in [6.07, 6.45) is 5.92. The Morgan fingerprint density at radius 3 is 2.52 bits per heavy atom. The van der Waals surface area contributed by atoms with Crippen molar-refractivity contribution in [2.45, 2.75) is 0 Å². The van der Waals surface area contributed by atoms with Crippen molar-refractivity contribution in [1.29, 1.82) is 0 Å². The van der Waals surface area contributed by atoms with E-state index in [1.165, 1.54) is 10.5 Å². The monoisotopic (exact) mass is 332 g/mol. The van der Waals surface area contributed by atoms with Crippen LogP contribution >= 0.6 is 0 Å². The first-order chi connectivity index (χ1) is 10.8. The maximum absolute atomic E-state index is 12.2. The predicted octanol–water partition coefficient (Wildman–Crippen LogP) is -1.66. The molecule has 2 heterocycles. The standard InChI is InChI=1S/C18H20N2O2.ClH/c21-18(17-9-5-15-22-17)20-13-11-19(12-14-20)10-4-8-16-6-2-1-3-7-16;/h1-9,15H,10-14H2;1H. The van der Waals surface area contributed by atoms with Crippen LogP contribution < -0.4 is 17.3 Å². The number of benzene rings is 1. The van der Waals surface area contributed by atoms with Gasteiger partial charge in [0.1, 0.15) is 0 Å². The van der Waals surface area contributed by atoms with Gasteiger partial charge in [-0.25, -0.2) is 0 Å². The number of carbonyl (C=O) groups is 1. The van der Waals surface area contributed by atoms with Gasteiger partial charge in [-0.05, 0) is 23.8 Å². The average molecular weight is 333 g/mol. The Hall–Kier alpha value is -2.04. The number of amides is 1. The summed E-state index contributed by atoms with van der Waals surface area (Å²) >= 11 is 0. The molecule has 1 aromatic heterocycles. The van der Waals surface area contributed by atoms with Gasteiger partial charge in [-0.3, -0.25) is 4.79 Å². The molecule has 1 aliphatic rings. The van der Waals surface area contributed by atoms with Crippen molar-refractivity contribution in [3.8, 4) is 0 Å². The van der Waals surface area contributed by atoms with Gasteiger partial charge in [0.25, 0.3) is 5.91 Å². The molecule has 5 heteroatoms. The van der Waals surface area contributed by atoms with E-state index in [1.807, 2.05) is 23.1 Å². The molecule has 23 heavy (non-hydrogen) atoms. The van der Waals surface area contributed by atoms with E-state index in [0.29, 0.717) is 5.76 Å². The molecule has 1 aromatic carbocycles. The lowest BCUT2D eigenvalue weighted by molar-refractivity contribution is -0.898. The Bertz CT molecular complexity index is 618. The van der Waals surface area contributed by atoms with Gasteiger partial charge in [0.05, 0.1) is 39.0 Å². The number of nitrogens with one attached hydrogen (secondary N) is 1. The van der Waals surface area contributed by atoms with Crippen molar-refractivity contribution in [1.82, 2.24) is 4.90 Å². The molecular weight excluding hydrogens is 312 g/mol. The van der Waals surface area contributed by atoms with Gasteiger partial charge in [-0.2, -0.15) is 0 Å². The number of rotatable bonds is 4. The van der Waals surface area contributed by atoms with Crippen LogP contribution in [-0.4, -0.2) is 43.5 Å². The summed E-state index contributed by atoms with van der Waals surface area (Å²) in [5.41, 5.74) is 1.23. The van der Waals surface area contributed by atoms with Gasteiger partial charge >= 0.3 is 0 Å². The Morgan fingerprint density at radius 1 is 1.13 bits per heavy atom. The molecule has 1 amide bonds. The highest BCUT2D eigenvalue weighted by molar-refractivity contribution is 5.91. The number of carbonyl (C=O) groups excluding carboxylic acids is 1. The van der Waals surface area contributed by atoms with Crippen LogP contribution in [0.25, 0.3) is 6.08 Å². The summed E-state index contributed by atoms with van der Waals surface area (Å²) in [4.78, 5) is 15.6. The first-order valence-electron chi connectivity index (χ1n) is 7.71. The molecule has 0 radical (unpaired) electrons. The minimum atomic E-state index is 0. The normalized spacial score (nSPS) is 15.6. The van der Waals surface area contributed by atoms with Gasteiger partial charge in [-0.15, -0.1) is 0 Å². The number of hydrogen-bond donors (Lipinski definition) is 1. The molecule has 1 N–H and O–H groups in total. The van der Waals surface area contributed by atoms with Crippen molar-refractivity contribution >= 4 is 12.0 Å². The Labute approximate surface area is 142 Å². The summed E-state index contributed by atoms with van der Waals surface area (Å²) in [5.74, 6) is 0.441. The molecule has 4 nitrogen and oxygen atoms in total. The van der Waals surface area contributed by atoms with Crippen molar-refractivity contribution < 1.29 is 26.5 Å². The molecule has 0 saturated carbocycles. The summed E-state index contributed by atoms with van der Waals surface area (Å²) in [5, 5.41) is 0. The molecule has 3 rings (SSSR count). The minimum absolute atomic E-state index is 0. The lowest BCUT2D eigenvalue weighted by Crippen LogP contribution is -3.14. The van der Waals surface area contributed by atoms with Crippen LogP contribution in [0.1, 0.15) is 16.1 Å². The summed E-state index contributed by atoms with van der Waals surface area (Å²) in [7, 11) is 0. The maximum Gasteiger partial charge on any atom is 0.289 e. The quantitative estimate of drug-likeness (QED) is 0.728. The summed E-state index contributed by atoms with van der Waals surface area (Å²) in [6.45, 7) is 4.52. The Balaban J connectivity index is 0.00000192. The SMILES string of the molecule is O=C(c1ccco1)N1CC[NH+](CC=Cc2ccccc2)CC1.[Cl-]. The molecule has 122 valence electrons. The zero-order chi connectivity index (χ0) is 15.2. The van der Waals surface area contributed by atoms with Crippen molar-refractivity contribution in [2.75, 3.05) is 32.7 Å². The topological polar surface area (TPSA) is 37.9 Å². The third-order valence-corrected chi connectivity index (χ3v) is 4.01. The molecule has 1 aliphatic heterocycles. The number of piperazine rings is 1. The van der Waals surface area contributed by atoms with E-state index in [9.17, 15) is 4.79 Å². The number of nitrogens with zero attached hydrogens (tertiary/aromatic N) is 1. The average Bonchev–Trinajstić information content (AvgIpc) is 3.10. The first kappa shape index (κ1) is 17.3. The largest absolute Gasteiger partial charge is 1.00 e. The van der Waals surface area contributed by atoms with E-state index >= 15 is 0 Å². The second-order valence-electron chi connectivity index (χ2n) is 5.54. The van der Waals surface area contributed by atoms with Crippen LogP contribution in [0.5, 0.6) is 0 Å². The van der Waals surface area contributed by atoms with E-state index < -0.39 is 0 Å². The Kier molecular flexibility index (Phi) is 6.44. The zero-order valence-corrected chi connectivity index (χ0v) is 13.7. The number of halogens is 1. The second-order valence-corrected chi connectivity index (χ2v) is 5.54. The zero-order valence-electron chi connectivity index (χ0n) is 13.0. The van der Waals surface area contributed by atoms with E-state index in [-0.39, 0.29) is 18.3 Å². The third-order valence-electron chi connectivity index (χ3n) is 4.01. The molecule has 1 fully saturated rings. The molecule has 0 atom stereocenters. The van der Waals surface area contributed by atoms with E-state index in [4.69, 9.17) is 4.42 Å². The number of quaternary nitrogens is 1. The second kappa shape index (κ2) is 8.56. The smallest absolute Gasteiger partial charge is 0.289 e. The molecule has 2 aromatic rings. The highest BCUT2D eigenvalue weighted by Gasteiger charge is 2.25. The lowest BCUT2D eigenvalue weighted by atomic mass is 10.2. The fraction of sp³-hybridized carbons (Fsp3) is 0.278. The predicted molar refractivity (Wildman–Crippen MR) is 85.7 cm³/mol. The fourth-order valence-electron chi connectivity index (χ4n) is 2.71. The molecular formula is C18H21ClN2O2. The van der Waals surface area contributed by atoms with Crippen LogP contribution in [0.4, 0.5) is 0 Å². The van der Waals surface area contributed by atoms with Crippen molar-refractivity contribution in [3.63, 3.8) is 0 Å².